The van der Waals surface area contributed by atoms with Crippen LogP contribution in [0.15, 0.2) is 35.4 Å². The lowest BCUT2D eigenvalue weighted by molar-refractivity contribution is 0.0732. The van der Waals surface area contributed by atoms with Crippen molar-refractivity contribution in [3.05, 3.63) is 36.0 Å². The van der Waals surface area contributed by atoms with E-state index in [1.54, 1.807) is 6.20 Å². The number of hydrogen-bond donors (Lipinski definition) is 2. The molecule has 0 atom stereocenters. The van der Waals surface area contributed by atoms with Crippen molar-refractivity contribution in [3.63, 3.8) is 0 Å². The zero-order valence-electron chi connectivity index (χ0n) is 10.5. The molecule has 2 heterocycles. The van der Waals surface area contributed by atoms with Gasteiger partial charge in [-0.05, 0) is 12.1 Å². The van der Waals surface area contributed by atoms with E-state index in [9.17, 15) is 4.79 Å². The number of pyridine rings is 1. The number of nitrogens with zero attached hydrogens (tertiary/aromatic N) is 2. The van der Waals surface area contributed by atoms with Gasteiger partial charge < -0.3 is 10.2 Å². The quantitative estimate of drug-likeness (QED) is 0.775. The van der Waals surface area contributed by atoms with Crippen LogP contribution in [0.1, 0.15) is 10.4 Å². The predicted molar refractivity (Wildman–Crippen MR) is 77.8 cm³/mol. The first-order chi connectivity index (χ1) is 9.27. The molecule has 0 radical (unpaired) electrons. The minimum atomic E-state index is 0.0408. The van der Waals surface area contributed by atoms with E-state index < -0.39 is 0 Å². The molecule has 19 heavy (non-hydrogen) atoms. The summed E-state index contributed by atoms with van der Waals surface area (Å²) in [6.07, 6.45) is 1.72. The molecule has 5 heteroatoms. The van der Waals surface area contributed by atoms with Crippen LogP contribution in [0.4, 0.5) is 0 Å². The number of fused-ring (bicyclic) bond motifs is 1. The average Bonchev–Trinajstić information content (AvgIpc) is 2.48. The Morgan fingerprint density at radius 2 is 2.05 bits per heavy atom. The molecule has 0 aliphatic carbocycles. The Hall–Kier alpha value is -1.59. The van der Waals surface area contributed by atoms with E-state index in [2.05, 4.69) is 22.9 Å². The number of thiol groups is 1. The second-order valence-corrected chi connectivity index (χ2v) is 5.03. The van der Waals surface area contributed by atoms with Gasteiger partial charge in [0.15, 0.2) is 0 Å². The van der Waals surface area contributed by atoms with Gasteiger partial charge in [-0.25, -0.2) is 0 Å². The molecular formula is C14H15N3OS. The number of aromatic nitrogens is 1. The number of hydrogen-bond acceptors (Lipinski definition) is 4. The molecule has 98 valence electrons. The normalized spacial score (nSPS) is 15.7. The van der Waals surface area contributed by atoms with Crippen molar-refractivity contribution in [1.29, 1.82) is 0 Å². The van der Waals surface area contributed by atoms with Gasteiger partial charge in [0.25, 0.3) is 5.91 Å². The Bertz CT molecular complexity index is 623. The highest BCUT2D eigenvalue weighted by Gasteiger charge is 2.20. The molecule has 0 unspecified atom stereocenters. The molecule has 0 bridgehead atoms. The highest BCUT2D eigenvalue weighted by molar-refractivity contribution is 7.80. The van der Waals surface area contributed by atoms with Crippen molar-refractivity contribution in [2.24, 2.45) is 0 Å². The molecular weight excluding hydrogens is 258 g/mol. The minimum Gasteiger partial charge on any atom is -0.336 e. The lowest BCUT2D eigenvalue weighted by atomic mass is 10.1. The predicted octanol–water partition coefficient (Wildman–Crippen LogP) is 1.57. The first-order valence-corrected chi connectivity index (χ1v) is 6.79. The lowest BCUT2D eigenvalue weighted by Gasteiger charge is -2.28. The van der Waals surface area contributed by atoms with Crippen molar-refractivity contribution >= 4 is 29.4 Å². The first-order valence-electron chi connectivity index (χ1n) is 6.34. The van der Waals surface area contributed by atoms with E-state index in [0.29, 0.717) is 10.5 Å². The van der Waals surface area contributed by atoms with Gasteiger partial charge in [0.05, 0.1) is 11.1 Å². The van der Waals surface area contributed by atoms with Crippen molar-refractivity contribution in [2.75, 3.05) is 26.2 Å². The summed E-state index contributed by atoms with van der Waals surface area (Å²) in [7, 11) is 0. The summed E-state index contributed by atoms with van der Waals surface area (Å²) in [5.74, 6) is 0.0408. The summed E-state index contributed by atoms with van der Waals surface area (Å²) >= 11 is 4.50. The molecule has 1 aromatic carbocycles. The second kappa shape index (κ2) is 5.19. The number of carbonyl (C=O) groups is 1. The number of nitrogens with one attached hydrogen (secondary N) is 1. The Morgan fingerprint density at radius 3 is 2.84 bits per heavy atom. The average molecular weight is 273 g/mol. The largest absolute Gasteiger partial charge is 0.336 e. The zero-order valence-corrected chi connectivity index (χ0v) is 11.4. The van der Waals surface area contributed by atoms with Gasteiger partial charge in [0, 0.05) is 42.7 Å². The Morgan fingerprint density at radius 1 is 1.26 bits per heavy atom. The van der Waals surface area contributed by atoms with Gasteiger partial charge in [0.1, 0.15) is 0 Å². The number of benzene rings is 1. The monoisotopic (exact) mass is 273 g/mol. The molecule has 1 aliphatic rings. The first kappa shape index (κ1) is 12.4. The molecule has 3 rings (SSSR count). The third-order valence-corrected chi connectivity index (χ3v) is 3.84. The van der Waals surface area contributed by atoms with E-state index in [0.717, 1.165) is 37.1 Å². The molecule has 1 N–H and O–H groups in total. The number of amides is 1. The summed E-state index contributed by atoms with van der Waals surface area (Å²) in [6, 6.07) is 7.63. The van der Waals surface area contributed by atoms with Crippen LogP contribution in [0.2, 0.25) is 0 Å². The standard InChI is InChI=1S/C14H15N3OS/c18-14(17-8-6-15-7-9-17)11-4-3-10-2-1-5-16-12(10)13(11)19/h1-5,15,19H,6-9H2. The summed E-state index contributed by atoms with van der Waals surface area (Å²) < 4.78 is 0. The van der Waals surface area contributed by atoms with Gasteiger partial charge in [-0.1, -0.05) is 12.1 Å². The Balaban J connectivity index is 2.00. The zero-order chi connectivity index (χ0) is 13.2. The van der Waals surface area contributed by atoms with Gasteiger partial charge in [-0.15, -0.1) is 12.6 Å². The Kier molecular flexibility index (Phi) is 3.40. The van der Waals surface area contributed by atoms with E-state index in [-0.39, 0.29) is 5.91 Å². The highest BCUT2D eigenvalue weighted by atomic mass is 32.1. The topological polar surface area (TPSA) is 45.2 Å². The molecule has 2 aromatic rings. The fraction of sp³-hybridized carbons (Fsp3) is 0.286. The van der Waals surface area contributed by atoms with Crippen molar-refractivity contribution in [1.82, 2.24) is 15.2 Å². The third kappa shape index (κ3) is 2.31. The highest BCUT2D eigenvalue weighted by Crippen LogP contribution is 2.25. The van der Waals surface area contributed by atoms with Crippen LogP contribution in [-0.2, 0) is 0 Å². The van der Waals surface area contributed by atoms with Crippen LogP contribution in [0.3, 0.4) is 0 Å². The molecule has 1 fully saturated rings. The van der Waals surface area contributed by atoms with Crippen LogP contribution < -0.4 is 5.32 Å². The molecule has 1 aromatic heterocycles. The summed E-state index contributed by atoms with van der Waals surface area (Å²) in [5.41, 5.74) is 1.42. The van der Waals surface area contributed by atoms with Crippen LogP contribution >= 0.6 is 12.6 Å². The number of piperazine rings is 1. The van der Waals surface area contributed by atoms with Crippen LogP contribution in [-0.4, -0.2) is 42.0 Å². The smallest absolute Gasteiger partial charge is 0.255 e. The van der Waals surface area contributed by atoms with Crippen molar-refractivity contribution in [3.8, 4) is 0 Å². The van der Waals surface area contributed by atoms with Crippen molar-refractivity contribution < 1.29 is 4.79 Å². The fourth-order valence-electron chi connectivity index (χ4n) is 2.34. The van der Waals surface area contributed by atoms with Gasteiger partial charge in [-0.3, -0.25) is 9.78 Å². The molecule has 0 saturated carbocycles. The SMILES string of the molecule is O=C(c1ccc2cccnc2c1S)N1CCNCC1. The molecule has 4 nitrogen and oxygen atoms in total. The van der Waals surface area contributed by atoms with E-state index in [1.807, 2.05) is 29.2 Å². The van der Waals surface area contributed by atoms with Gasteiger partial charge in [-0.2, -0.15) is 0 Å². The van der Waals surface area contributed by atoms with Gasteiger partial charge >= 0.3 is 0 Å². The van der Waals surface area contributed by atoms with Crippen molar-refractivity contribution in [2.45, 2.75) is 4.90 Å². The number of carbonyl (C=O) groups excluding carboxylic acids is 1. The second-order valence-electron chi connectivity index (χ2n) is 4.58. The van der Waals surface area contributed by atoms with Crippen LogP contribution in [0.25, 0.3) is 10.9 Å². The van der Waals surface area contributed by atoms with E-state index in [4.69, 9.17) is 0 Å². The summed E-state index contributed by atoms with van der Waals surface area (Å²) in [4.78, 5) is 19.3. The lowest BCUT2D eigenvalue weighted by Crippen LogP contribution is -2.46. The molecule has 1 amide bonds. The minimum absolute atomic E-state index is 0.0408. The summed E-state index contributed by atoms with van der Waals surface area (Å²) in [5, 5.41) is 4.24. The third-order valence-electron chi connectivity index (χ3n) is 3.38. The maximum absolute atomic E-state index is 12.5. The maximum Gasteiger partial charge on any atom is 0.255 e. The number of rotatable bonds is 1. The van der Waals surface area contributed by atoms with E-state index in [1.165, 1.54) is 0 Å². The summed E-state index contributed by atoms with van der Waals surface area (Å²) in [6.45, 7) is 3.18. The van der Waals surface area contributed by atoms with Crippen LogP contribution in [0, 0.1) is 0 Å². The van der Waals surface area contributed by atoms with E-state index >= 15 is 0 Å². The molecule has 1 aliphatic heterocycles. The maximum atomic E-state index is 12.5. The molecule has 1 saturated heterocycles. The molecule has 0 spiro atoms. The van der Waals surface area contributed by atoms with Crippen LogP contribution in [0.5, 0.6) is 0 Å². The Labute approximate surface area is 117 Å². The fourth-order valence-corrected chi connectivity index (χ4v) is 2.70. The van der Waals surface area contributed by atoms with Gasteiger partial charge in [0.2, 0.25) is 0 Å².